The molecule has 1 aliphatic heterocycles. The molecule has 0 amide bonds. The first kappa shape index (κ1) is 25.6. The fraction of sp³-hybridized carbons (Fsp3) is 0.172. The van der Waals surface area contributed by atoms with Crippen molar-refractivity contribution in [3.05, 3.63) is 122 Å². The maximum atomic E-state index is 15.5. The number of benzene rings is 3. The first-order valence-corrected chi connectivity index (χ1v) is 12.8. The molecule has 0 fully saturated rings. The van der Waals surface area contributed by atoms with E-state index in [0.717, 1.165) is 0 Å². The highest BCUT2D eigenvalue weighted by Crippen LogP contribution is 2.41. The van der Waals surface area contributed by atoms with Crippen LogP contribution in [0.3, 0.4) is 0 Å². The zero-order valence-corrected chi connectivity index (χ0v) is 21.3. The van der Waals surface area contributed by atoms with E-state index in [9.17, 15) is 18.5 Å². The summed E-state index contributed by atoms with van der Waals surface area (Å²) in [4.78, 5) is 29.4. The highest BCUT2D eigenvalue weighted by atomic mass is 32.2. The zero-order valence-electron chi connectivity index (χ0n) is 20.5. The SMILES string of the molecule is COc1cccc(-c2c(C)c(Cc3c(F)cccc3F)c3n(c2=O)C(C(=[N+]=O)c2ccccc2)CS3)c1F. The summed E-state index contributed by atoms with van der Waals surface area (Å²) in [6, 6.07) is 16.0. The van der Waals surface area contributed by atoms with Crippen LogP contribution in [0.1, 0.15) is 28.3 Å². The van der Waals surface area contributed by atoms with Gasteiger partial charge in [0.25, 0.3) is 5.56 Å². The zero-order chi connectivity index (χ0) is 27.0. The lowest BCUT2D eigenvalue weighted by molar-refractivity contribution is 0.387. The Balaban J connectivity index is 1.81. The molecule has 0 spiro atoms. The summed E-state index contributed by atoms with van der Waals surface area (Å²) in [5, 5.41) is 0.462. The van der Waals surface area contributed by atoms with Crippen LogP contribution in [0, 0.1) is 29.3 Å². The molecule has 38 heavy (non-hydrogen) atoms. The first-order chi connectivity index (χ1) is 18.4. The Hall–Kier alpha value is -4.07. The summed E-state index contributed by atoms with van der Waals surface area (Å²) in [6.07, 6.45) is -0.173. The maximum absolute atomic E-state index is 15.5. The molecule has 9 heteroatoms. The minimum atomic E-state index is -0.764. The van der Waals surface area contributed by atoms with Crippen molar-refractivity contribution < 1.29 is 17.9 Å². The fourth-order valence-electron chi connectivity index (χ4n) is 4.88. The molecule has 0 saturated heterocycles. The van der Waals surface area contributed by atoms with E-state index in [-0.39, 0.29) is 34.6 Å². The van der Waals surface area contributed by atoms with Crippen LogP contribution in [0.15, 0.2) is 76.6 Å². The van der Waals surface area contributed by atoms with Gasteiger partial charge < -0.3 is 4.74 Å². The topological polar surface area (TPSA) is 62.4 Å². The molecule has 1 aliphatic rings. The molecule has 5 nitrogen and oxygen atoms in total. The van der Waals surface area contributed by atoms with Gasteiger partial charge in [-0.15, -0.1) is 11.8 Å². The third-order valence-corrected chi connectivity index (χ3v) is 7.98. The van der Waals surface area contributed by atoms with Gasteiger partial charge in [-0.1, -0.05) is 36.4 Å². The van der Waals surface area contributed by atoms with E-state index < -0.39 is 29.1 Å². The number of nitrogens with zero attached hydrogens (tertiary/aromatic N) is 2. The van der Waals surface area contributed by atoms with Crippen LogP contribution in [0.5, 0.6) is 5.75 Å². The van der Waals surface area contributed by atoms with Crippen molar-refractivity contribution in [1.29, 1.82) is 0 Å². The van der Waals surface area contributed by atoms with E-state index in [1.807, 2.05) is 0 Å². The monoisotopic (exact) mass is 535 g/mol. The molecule has 1 unspecified atom stereocenters. The number of pyridine rings is 1. The fourth-order valence-corrected chi connectivity index (χ4v) is 6.25. The molecular weight excluding hydrogens is 513 g/mol. The Morgan fingerprint density at radius 2 is 1.68 bits per heavy atom. The predicted octanol–water partition coefficient (Wildman–Crippen LogP) is 5.81. The van der Waals surface area contributed by atoms with E-state index in [1.54, 1.807) is 43.3 Å². The van der Waals surface area contributed by atoms with Crippen molar-refractivity contribution in [2.75, 3.05) is 12.9 Å². The highest BCUT2D eigenvalue weighted by Gasteiger charge is 2.40. The Bertz CT molecular complexity index is 1640. The van der Waals surface area contributed by atoms with Crippen LogP contribution in [0.4, 0.5) is 13.2 Å². The number of ether oxygens (including phenoxy) is 1. The minimum Gasteiger partial charge on any atom is -0.494 e. The van der Waals surface area contributed by atoms with Crippen molar-refractivity contribution in [1.82, 2.24) is 9.42 Å². The molecule has 1 atom stereocenters. The predicted molar refractivity (Wildman–Crippen MR) is 142 cm³/mol. The molecule has 1 aromatic heterocycles. The summed E-state index contributed by atoms with van der Waals surface area (Å²) in [5.41, 5.74) is 0.873. The number of nitroso groups, excluding NO2 is 1. The van der Waals surface area contributed by atoms with Gasteiger partial charge in [0.1, 0.15) is 11.6 Å². The van der Waals surface area contributed by atoms with Gasteiger partial charge in [0.2, 0.25) is 4.85 Å². The Kier molecular flexibility index (Phi) is 6.97. The van der Waals surface area contributed by atoms with Gasteiger partial charge in [-0.3, -0.25) is 9.36 Å². The Morgan fingerprint density at radius 3 is 2.34 bits per heavy atom. The maximum Gasteiger partial charge on any atom is 0.403 e. The van der Waals surface area contributed by atoms with Crippen LogP contribution in [0.25, 0.3) is 11.1 Å². The Morgan fingerprint density at radius 1 is 1.00 bits per heavy atom. The second kappa shape index (κ2) is 10.4. The van der Waals surface area contributed by atoms with Gasteiger partial charge in [-0.2, -0.15) is 0 Å². The highest BCUT2D eigenvalue weighted by molar-refractivity contribution is 7.99. The molecule has 3 aromatic carbocycles. The molecule has 192 valence electrons. The van der Waals surface area contributed by atoms with E-state index in [1.165, 1.54) is 53.8 Å². The Labute approximate surface area is 220 Å². The molecule has 0 radical (unpaired) electrons. The van der Waals surface area contributed by atoms with Crippen molar-refractivity contribution >= 4 is 17.5 Å². The largest absolute Gasteiger partial charge is 0.494 e. The van der Waals surface area contributed by atoms with E-state index in [0.29, 0.717) is 27.5 Å². The molecule has 5 rings (SSSR count). The number of fused-ring (bicyclic) bond motifs is 1. The lowest BCUT2D eigenvalue weighted by Gasteiger charge is -2.19. The van der Waals surface area contributed by atoms with E-state index in [4.69, 9.17) is 4.74 Å². The van der Waals surface area contributed by atoms with Crippen LogP contribution >= 0.6 is 11.8 Å². The first-order valence-electron chi connectivity index (χ1n) is 11.8. The number of hydrogen-bond acceptors (Lipinski definition) is 4. The smallest absolute Gasteiger partial charge is 0.403 e. The summed E-state index contributed by atoms with van der Waals surface area (Å²) in [6.45, 7) is 1.64. The van der Waals surface area contributed by atoms with Crippen molar-refractivity contribution in [3.63, 3.8) is 0 Å². The molecular formula is C29H22F3N2O3S+. The minimum absolute atomic E-state index is 0.00613. The standard InChI is InChI=1S/C29H22F3N2O3S/c1-16-19(14-20-21(30)11-7-12-22(20)31)29-34(23(15-38-29)27(33-36)17-8-4-3-5-9-17)28(35)25(16)18-10-6-13-24(37-2)26(18)32/h3-13,23H,14-15H2,1-2H3/q+1. The number of halogens is 3. The molecule has 2 heterocycles. The molecule has 0 bridgehead atoms. The van der Waals surface area contributed by atoms with Gasteiger partial charge in [-0.25, -0.2) is 13.2 Å². The number of thioether (sulfide) groups is 1. The molecule has 0 saturated carbocycles. The number of hydrogen-bond donors (Lipinski definition) is 0. The third kappa shape index (κ3) is 4.23. The average molecular weight is 536 g/mol. The van der Waals surface area contributed by atoms with Crippen molar-refractivity contribution in [3.8, 4) is 16.9 Å². The number of rotatable bonds is 6. The quantitative estimate of drug-likeness (QED) is 0.231. The second-order valence-corrected chi connectivity index (χ2v) is 9.84. The average Bonchev–Trinajstić information content (AvgIpc) is 3.35. The third-order valence-electron chi connectivity index (χ3n) is 6.78. The van der Waals surface area contributed by atoms with E-state index >= 15 is 4.39 Å². The van der Waals surface area contributed by atoms with Crippen LogP contribution in [-0.2, 0) is 6.42 Å². The van der Waals surface area contributed by atoms with Crippen LogP contribution < -0.4 is 15.1 Å². The lowest BCUT2D eigenvalue weighted by atomic mass is 9.93. The van der Waals surface area contributed by atoms with Crippen molar-refractivity contribution in [2.45, 2.75) is 24.4 Å². The normalized spacial score (nSPS) is 14.2. The van der Waals surface area contributed by atoms with Crippen LogP contribution in [0.2, 0.25) is 0 Å². The summed E-state index contributed by atoms with van der Waals surface area (Å²) in [5.74, 6) is -1.95. The van der Waals surface area contributed by atoms with E-state index in [2.05, 4.69) is 4.85 Å². The second-order valence-electron chi connectivity index (χ2n) is 8.83. The summed E-state index contributed by atoms with van der Waals surface area (Å²) < 4.78 is 51.4. The van der Waals surface area contributed by atoms with Crippen LogP contribution in [-0.4, -0.2) is 23.1 Å². The lowest BCUT2D eigenvalue weighted by Crippen LogP contribution is -2.32. The van der Waals surface area contributed by atoms with Crippen molar-refractivity contribution in [2.24, 2.45) is 0 Å². The summed E-state index contributed by atoms with van der Waals surface area (Å²) >= 11 is 1.30. The molecule has 4 aromatic rings. The summed E-state index contributed by atoms with van der Waals surface area (Å²) in [7, 11) is 1.32. The van der Waals surface area contributed by atoms with Gasteiger partial charge in [0, 0.05) is 23.3 Å². The number of methoxy groups -OCH3 is 1. The van der Waals surface area contributed by atoms with Gasteiger partial charge in [0.05, 0.1) is 23.3 Å². The molecule has 0 aliphatic carbocycles. The molecule has 0 N–H and O–H groups in total. The van der Waals surface area contributed by atoms with Gasteiger partial charge >= 0.3 is 5.71 Å². The number of aromatic nitrogens is 1. The van der Waals surface area contributed by atoms with Gasteiger partial charge in [0.15, 0.2) is 22.5 Å². The van der Waals surface area contributed by atoms with Gasteiger partial charge in [-0.05, 0) is 48.4 Å².